The van der Waals surface area contributed by atoms with Gasteiger partial charge in [0.25, 0.3) is 0 Å². The van der Waals surface area contributed by atoms with Gasteiger partial charge < -0.3 is 14.6 Å². The van der Waals surface area contributed by atoms with Crippen LogP contribution in [-0.2, 0) is 9.53 Å². The highest BCUT2D eigenvalue weighted by atomic mass is 16.5. The van der Waals surface area contributed by atoms with Crippen molar-refractivity contribution < 1.29 is 14.6 Å². The first-order chi connectivity index (χ1) is 6.18. The topological polar surface area (TPSA) is 46.5 Å². The molecule has 0 bridgehead atoms. The van der Waals surface area contributed by atoms with Crippen LogP contribution >= 0.6 is 0 Å². The van der Waals surface area contributed by atoms with Crippen LogP contribution in [0.15, 0.2) is 0 Å². The molecule has 0 amide bonds. The highest BCUT2D eigenvalue weighted by Crippen LogP contribution is 1.85. The Bertz CT molecular complexity index is 96.3. The summed E-state index contributed by atoms with van der Waals surface area (Å²) in [7, 11) is 0. The second-order valence-corrected chi connectivity index (χ2v) is 2.75. The summed E-state index contributed by atoms with van der Waals surface area (Å²) < 4.78 is 4.97. The Morgan fingerprint density at radius 3 is 2.15 bits per heavy atom. The maximum absolute atomic E-state index is 9.81. The number of carbonyl (C=O) groups is 1. The zero-order valence-corrected chi connectivity index (χ0v) is 9.01. The quantitative estimate of drug-likeness (QED) is 0.649. The smallest absolute Gasteiger partial charge is 0.129 e. The number of hydrogen-bond acceptors (Lipinski definition) is 3. The normalized spacial score (nSPS) is 8.92. The molecule has 0 rings (SSSR count). The summed E-state index contributed by atoms with van der Waals surface area (Å²) in [4.78, 5) is 9.81. The van der Waals surface area contributed by atoms with Gasteiger partial charge in [-0.15, -0.1) is 0 Å². The van der Waals surface area contributed by atoms with E-state index in [9.17, 15) is 4.79 Å². The summed E-state index contributed by atoms with van der Waals surface area (Å²) in [5.41, 5.74) is 0. The standard InChI is InChI=1S/C6H14O2.C4H8O/c1-2-3-5-8-6-4-7;1-3-4(2)5/h7H,2-6H2,1H3;3H2,1-2H3. The number of Topliss-reactive ketones (excluding diaryl/α,β-unsaturated/α-hetero) is 1. The molecule has 0 spiro atoms. The molecular weight excluding hydrogens is 168 g/mol. The van der Waals surface area contributed by atoms with Crippen LogP contribution in [-0.4, -0.2) is 30.7 Å². The molecule has 0 atom stereocenters. The van der Waals surface area contributed by atoms with Crippen molar-refractivity contribution in [2.45, 2.75) is 40.0 Å². The van der Waals surface area contributed by atoms with Crippen LogP contribution in [0.3, 0.4) is 0 Å². The van der Waals surface area contributed by atoms with Crippen molar-refractivity contribution in [1.29, 1.82) is 0 Å². The van der Waals surface area contributed by atoms with Gasteiger partial charge in [0.1, 0.15) is 5.78 Å². The maximum Gasteiger partial charge on any atom is 0.129 e. The molecule has 0 aromatic carbocycles. The van der Waals surface area contributed by atoms with Crippen LogP contribution in [0.1, 0.15) is 40.0 Å². The lowest BCUT2D eigenvalue weighted by molar-refractivity contribution is -0.116. The zero-order valence-electron chi connectivity index (χ0n) is 9.01. The van der Waals surface area contributed by atoms with Crippen molar-refractivity contribution >= 4 is 5.78 Å². The van der Waals surface area contributed by atoms with E-state index in [0.717, 1.165) is 19.4 Å². The third kappa shape index (κ3) is 24.5. The van der Waals surface area contributed by atoms with Crippen LogP contribution in [0.5, 0.6) is 0 Å². The number of ketones is 1. The molecule has 0 saturated carbocycles. The molecule has 80 valence electrons. The number of carbonyl (C=O) groups excluding carboxylic acids is 1. The minimum Gasteiger partial charge on any atom is -0.394 e. The zero-order chi connectivity index (χ0) is 10.5. The molecule has 0 aromatic rings. The Morgan fingerprint density at radius 2 is 1.85 bits per heavy atom. The molecule has 0 aromatic heterocycles. The Kier molecular flexibility index (Phi) is 16.4. The van der Waals surface area contributed by atoms with Gasteiger partial charge in [0.15, 0.2) is 0 Å². The van der Waals surface area contributed by atoms with E-state index < -0.39 is 0 Å². The van der Waals surface area contributed by atoms with Crippen LogP contribution in [0, 0.1) is 0 Å². The van der Waals surface area contributed by atoms with Gasteiger partial charge in [-0.2, -0.15) is 0 Å². The fourth-order valence-corrected chi connectivity index (χ4v) is 0.413. The summed E-state index contributed by atoms with van der Waals surface area (Å²) in [6, 6.07) is 0. The van der Waals surface area contributed by atoms with E-state index in [1.54, 1.807) is 6.92 Å². The minimum atomic E-state index is 0.143. The first kappa shape index (κ1) is 15.1. The van der Waals surface area contributed by atoms with Crippen molar-refractivity contribution in [3.63, 3.8) is 0 Å². The van der Waals surface area contributed by atoms with Crippen molar-refractivity contribution in [2.75, 3.05) is 19.8 Å². The molecule has 3 nitrogen and oxygen atoms in total. The maximum atomic E-state index is 9.81. The molecular formula is C10H22O3. The first-order valence-electron chi connectivity index (χ1n) is 4.87. The SMILES string of the molecule is CCC(C)=O.CCCCOCCO. The average molecular weight is 190 g/mol. The number of rotatable bonds is 6. The predicted octanol–water partition coefficient (Wildman–Crippen LogP) is 1.78. The van der Waals surface area contributed by atoms with Gasteiger partial charge in [0.2, 0.25) is 0 Å². The fraction of sp³-hybridized carbons (Fsp3) is 0.900. The van der Waals surface area contributed by atoms with Gasteiger partial charge in [-0.25, -0.2) is 0 Å². The van der Waals surface area contributed by atoms with Crippen LogP contribution in [0.2, 0.25) is 0 Å². The summed E-state index contributed by atoms with van der Waals surface area (Å²) in [6.07, 6.45) is 2.92. The second kappa shape index (κ2) is 14.1. The number of ether oxygens (including phenoxy) is 1. The molecule has 0 aliphatic rings. The molecule has 0 saturated heterocycles. The van der Waals surface area contributed by atoms with Gasteiger partial charge in [0.05, 0.1) is 13.2 Å². The molecule has 0 unspecified atom stereocenters. The Hall–Kier alpha value is -0.410. The summed E-state index contributed by atoms with van der Waals surface area (Å²) in [6.45, 7) is 6.96. The van der Waals surface area contributed by atoms with Gasteiger partial charge in [0, 0.05) is 13.0 Å². The van der Waals surface area contributed by atoms with Gasteiger partial charge in [-0.3, -0.25) is 0 Å². The number of hydrogen-bond donors (Lipinski definition) is 1. The van der Waals surface area contributed by atoms with E-state index in [1.165, 1.54) is 0 Å². The van der Waals surface area contributed by atoms with E-state index in [1.807, 2.05) is 6.92 Å². The van der Waals surface area contributed by atoms with Crippen LogP contribution < -0.4 is 0 Å². The van der Waals surface area contributed by atoms with E-state index in [4.69, 9.17) is 9.84 Å². The van der Waals surface area contributed by atoms with Crippen molar-refractivity contribution in [3.8, 4) is 0 Å². The third-order valence-corrected chi connectivity index (χ3v) is 1.38. The lowest BCUT2D eigenvalue weighted by Crippen LogP contribution is -1.99. The Labute approximate surface area is 81.1 Å². The van der Waals surface area contributed by atoms with Crippen molar-refractivity contribution in [2.24, 2.45) is 0 Å². The molecule has 0 aliphatic carbocycles. The van der Waals surface area contributed by atoms with Crippen LogP contribution in [0.25, 0.3) is 0 Å². The first-order valence-corrected chi connectivity index (χ1v) is 4.87. The molecule has 13 heavy (non-hydrogen) atoms. The summed E-state index contributed by atoms with van der Waals surface area (Å²) >= 11 is 0. The molecule has 0 radical (unpaired) electrons. The van der Waals surface area contributed by atoms with Crippen molar-refractivity contribution in [1.82, 2.24) is 0 Å². The van der Waals surface area contributed by atoms with E-state index >= 15 is 0 Å². The number of aliphatic hydroxyl groups excluding tert-OH is 1. The summed E-state index contributed by atoms with van der Waals surface area (Å²) in [5, 5.41) is 8.24. The highest BCUT2D eigenvalue weighted by molar-refractivity contribution is 5.74. The number of aliphatic hydroxyl groups is 1. The molecule has 0 heterocycles. The lowest BCUT2D eigenvalue weighted by atomic mass is 10.4. The second-order valence-electron chi connectivity index (χ2n) is 2.75. The monoisotopic (exact) mass is 190 g/mol. The fourth-order valence-electron chi connectivity index (χ4n) is 0.413. The molecule has 0 fully saturated rings. The van der Waals surface area contributed by atoms with Gasteiger partial charge in [-0.1, -0.05) is 20.3 Å². The minimum absolute atomic E-state index is 0.143. The van der Waals surface area contributed by atoms with E-state index in [2.05, 4.69) is 6.92 Å². The number of unbranched alkanes of at least 4 members (excludes halogenated alkanes) is 1. The van der Waals surface area contributed by atoms with Gasteiger partial charge >= 0.3 is 0 Å². The Morgan fingerprint density at radius 1 is 1.31 bits per heavy atom. The Balaban J connectivity index is 0. The average Bonchev–Trinajstić information content (AvgIpc) is 2.14. The molecule has 1 N–H and O–H groups in total. The van der Waals surface area contributed by atoms with E-state index in [-0.39, 0.29) is 12.4 Å². The highest BCUT2D eigenvalue weighted by Gasteiger charge is 1.82. The van der Waals surface area contributed by atoms with Gasteiger partial charge in [-0.05, 0) is 13.3 Å². The molecule has 0 aliphatic heterocycles. The third-order valence-electron chi connectivity index (χ3n) is 1.38. The predicted molar refractivity (Wildman–Crippen MR) is 53.8 cm³/mol. The van der Waals surface area contributed by atoms with E-state index in [0.29, 0.717) is 13.0 Å². The largest absolute Gasteiger partial charge is 0.394 e. The molecule has 3 heteroatoms. The van der Waals surface area contributed by atoms with Crippen LogP contribution in [0.4, 0.5) is 0 Å². The van der Waals surface area contributed by atoms with Crippen molar-refractivity contribution in [3.05, 3.63) is 0 Å². The lowest BCUT2D eigenvalue weighted by Gasteiger charge is -1.97. The summed E-state index contributed by atoms with van der Waals surface area (Å²) in [5.74, 6) is 0.255.